The summed E-state index contributed by atoms with van der Waals surface area (Å²) >= 11 is 0. The smallest absolute Gasteiger partial charge is 0.0371 e. The van der Waals surface area contributed by atoms with Gasteiger partial charge in [-0.2, -0.15) is 0 Å². The first-order valence-electron chi connectivity index (χ1n) is 7.71. The van der Waals surface area contributed by atoms with E-state index in [9.17, 15) is 0 Å². The van der Waals surface area contributed by atoms with Gasteiger partial charge in [-0.15, -0.1) is 0 Å². The van der Waals surface area contributed by atoms with Gasteiger partial charge in [-0.25, -0.2) is 0 Å². The molecular weight excluding hydrogens is 258 g/mol. The van der Waals surface area contributed by atoms with Gasteiger partial charge >= 0.3 is 0 Å². The van der Waals surface area contributed by atoms with E-state index in [0.29, 0.717) is 0 Å². The summed E-state index contributed by atoms with van der Waals surface area (Å²) in [5, 5.41) is 0. The Kier molecular flexibility index (Phi) is 4.00. The minimum absolute atomic E-state index is 0.907. The summed E-state index contributed by atoms with van der Waals surface area (Å²) in [6.45, 7) is 6.40. The predicted molar refractivity (Wildman–Crippen MR) is 91.1 cm³/mol. The van der Waals surface area contributed by atoms with Crippen LogP contribution in [0, 0.1) is 0 Å². The molecule has 1 saturated heterocycles. The first-order valence-corrected chi connectivity index (χ1v) is 7.71. The van der Waals surface area contributed by atoms with Crippen LogP contribution in [0.1, 0.15) is 12.5 Å². The van der Waals surface area contributed by atoms with Crippen LogP contribution in [0.4, 0.5) is 17.1 Å². The van der Waals surface area contributed by atoms with Gasteiger partial charge in [0.2, 0.25) is 0 Å². The lowest BCUT2D eigenvalue weighted by molar-refractivity contribution is 0.653. The van der Waals surface area contributed by atoms with E-state index >= 15 is 0 Å². The lowest BCUT2D eigenvalue weighted by atomic mass is 10.1. The molecule has 0 atom stereocenters. The van der Waals surface area contributed by atoms with E-state index in [1.807, 2.05) is 6.07 Å². The molecule has 3 rings (SSSR count). The predicted octanol–water partition coefficient (Wildman–Crippen LogP) is 3.16. The van der Waals surface area contributed by atoms with Gasteiger partial charge in [0.1, 0.15) is 0 Å². The number of para-hydroxylation sites is 1. The molecule has 21 heavy (non-hydrogen) atoms. The Hall–Kier alpha value is -2.16. The zero-order chi connectivity index (χ0) is 14.7. The average Bonchev–Trinajstić information content (AvgIpc) is 2.56. The first kappa shape index (κ1) is 13.8. The molecular formula is C18H23N3. The van der Waals surface area contributed by atoms with Gasteiger partial charge in [0.05, 0.1) is 0 Å². The molecule has 2 N–H and O–H groups in total. The van der Waals surface area contributed by atoms with Crippen LogP contribution in [0.15, 0.2) is 48.5 Å². The molecule has 3 nitrogen and oxygen atoms in total. The Morgan fingerprint density at radius 3 is 2.10 bits per heavy atom. The summed E-state index contributed by atoms with van der Waals surface area (Å²) < 4.78 is 0. The van der Waals surface area contributed by atoms with Crippen molar-refractivity contribution in [2.24, 2.45) is 0 Å². The highest BCUT2D eigenvalue weighted by molar-refractivity contribution is 5.59. The summed E-state index contributed by atoms with van der Waals surface area (Å²) in [4.78, 5) is 4.91. The lowest BCUT2D eigenvalue weighted by Crippen LogP contribution is -2.46. The fourth-order valence-corrected chi connectivity index (χ4v) is 2.96. The number of nitrogens with zero attached hydrogens (tertiary/aromatic N) is 2. The molecule has 1 aliphatic heterocycles. The molecule has 1 fully saturated rings. The number of hydrogen-bond donors (Lipinski definition) is 1. The molecule has 0 aliphatic carbocycles. The summed E-state index contributed by atoms with van der Waals surface area (Å²) in [6, 6.07) is 17.1. The van der Waals surface area contributed by atoms with Crippen molar-refractivity contribution in [1.82, 2.24) is 0 Å². The van der Waals surface area contributed by atoms with Gasteiger partial charge in [-0.3, -0.25) is 0 Å². The van der Waals surface area contributed by atoms with Crippen LogP contribution in [0.2, 0.25) is 0 Å². The third-order valence-corrected chi connectivity index (χ3v) is 4.27. The highest BCUT2D eigenvalue weighted by Crippen LogP contribution is 2.24. The third kappa shape index (κ3) is 2.97. The van der Waals surface area contributed by atoms with E-state index < -0.39 is 0 Å². The van der Waals surface area contributed by atoms with Crippen LogP contribution in [-0.4, -0.2) is 26.2 Å². The summed E-state index contributed by atoms with van der Waals surface area (Å²) in [7, 11) is 0. The summed E-state index contributed by atoms with van der Waals surface area (Å²) in [5.41, 5.74) is 10.8. The number of hydrogen-bond acceptors (Lipinski definition) is 3. The van der Waals surface area contributed by atoms with Crippen molar-refractivity contribution in [2.75, 3.05) is 41.7 Å². The van der Waals surface area contributed by atoms with Gasteiger partial charge in [0, 0.05) is 43.2 Å². The van der Waals surface area contributed by atoms with Gasteiger partial charge in [0.15, 0.2) is 0 Å². The number of nitrogens with two attached hydrogens (primary N) is 1. The Labute approximate surface area is 127 Å². The molecule has 0 bridgehead atoms. The zero-order valence-corrected chi connectivity index (χ0v) is 12.6. The number of rotatable bonds is 3. The monoisotopic (exact) mass is 281 g/mol. The average molecular weight is 281 g/mol. The molecule has 0 saturated carbocycles. The Bertz CT molecular complexity index is 587. The molecule has 0 unspecified atom stereocenters. The van der Waals surface area contributed by atoms with Crippen molar-refractivity contribution in [3.8, 4) is 0 Å². The lowest BCUT2D eigenvalue weighted by Gasteiger charge is -2.37. The molecule has 0 aromatic heterocycles. The topological polar surface area (TPSA) is 32.5 Å². The minimum atomic E-state index is 0.907. The van der Waals surface area contributed by atoms with Crippen molar-refractivity contribution in [1.29, 1.82) is 0 Å². The molecule has 0 spiro atoms. The summed E-state index contributed by atoms with van der Waals surface area (Å²) in [6.07, 6.45) is 0.990. The SMILES string of the molecule is CCc1cc(N2CCN(c3ccccc3)CC2)ccc1N. The van der Waals surface area contributed by atoms with Crippen molar-refractivity contribution >= 4 is 17.1 Å². The van der Waals surface area contributed by atoms with E-state index in [-0.39, 0.29) is 0 Å². The Morgan fingerprint density at radius 2 is 1.48 bits per heavy atom. The number of anilines is 3. The van der Waals surface area contributed by atoms with Gasteiger partial charge in [-0.1, -0.05) is 25.1 Å². The van der Waals surface area contributed by atoms with Crippen molar-refractivity contribution in [3.05, 3.63) is 54.1 Å². The molecule has 3 heteroatoms. The van der Waals surface area contributed by atoms with E-state index in [1.54, 1.807) is 0 Å². The minimum Gasteiger partial charge on any atom is -0.399 e. The molecule has 2 aromatic carbocycles. The maximum absolute atomic E-state index is 6.00. The van der Waals surface area contributed by atoms with Crippen LogP contribution < -0.4 is 15.5 Å². The second-order valence-corrected chi connectivity index (χ2v) is 5.55. The van der Waals surface area contributed by atoms with Crippen molar-refractivity contribution in [2.45, 2.75) is 13.3 Å². The normalized spacial score (nSPS) is 15.3. The van der Waals surface area contributed by atoms with E-state index in [2.05, 4.69) is 59.2 Å². The van der Waals surface area contributed by atoms with Gasteiger partial charge in [0.25, 0.3) is 0 Å². The number of aryl methyl sites for hydroxylation is 1. The highest BCUT2D eigenvalue weighted by atomic mass is 15.3. The van der Waals surface area contributed by atoms with Crippen LogP contribution in [-0.2, 0) is 6.42 Å². The fourth-order valence-electron chi connectivity index (χ4n) is 2.96. The standard InChI is InChI=1S/C18H23N3/c1-2-15-14-17(8-9-18(15)19)21-12-10-20(11-13-21)16-6-4-3-5-7-16/h3-9,14H,2,10-13,19H2,1H3. The highest BCUT2D eigenvalue weighted by Gasteiger charge is 2.17. The maximum Gasteiger partial charge on any atom is 0.0371 e. The Morgan fingerprint density at radius 1 is 0.857 bits per heavy atom. The second-order valence-electron chi connectivity index (χ2n) is 5.55. The van der Waals surface area contributed by atoms with E-state index in [0.717, 1.165) is 38.3 Å². The molecule has 110 valence electrons. The summed E-state index contributed by atoms with van der Waals surface area (Å²) in [5.74, 6) is 0. The molecule has 0 amide bonds. The van der Waals surface area contributed by atoms with Gasteiger partial charge in [-0.05, 0) is 42.3 Å². The van der Waals surface area contributed by atoms with Crippen LogP contribution in [0.5, 0.6) is 0 Å². The fraction of sp³-hybridized carbons (Fsp3) is 0.333. The van der Waals surface area contributed by atoms with Crippen molar-refractivity contribution < 1.29 is 0 Å². The van der Waals surface area contributed by atoms with Crippen LogP contribution in [0.3, 0.4) is 0 Å². The quantitative estimate of drug-likeness (QED) is 0.877. The third-order valence-electron chi connectivity index (χ3n) is 4.27. The maximum atomic E-state index is 6.00. The molecule has 1 aliphatic rings. The molecule has 0 radical (unpaired) electrons. The molecule has 2 aromatic rings. The second kappa shape index (κ2) is 6.08. The first-order chi connectivity index (χ1) is 10.3. The van der Waals surface area contributed by atoms with Crippen LogP contribution >= 0.6 is 0 Å². The van der Waals surface area contributed by atoms with Crippen molar-refractivity contribution in [3.63, 3.8) is 0 Å². The van der Waals surface area contributed by atoms with Gasteiger partial charge < -0.3 is 15.5 Å². The number of piperazine rings is 1. The Balaban J connectivity index is 1.68. The number of nitrogen functional groups attached to an aromatic ring is 1. The molecule has 1 heterocycles. The van der Waals surface area contributed by atoms with Crippen LogP contribution in [0.25, 0.3) is 0 Å². The number of benzene rings is 2. The largest absolute Gasteiger partial charge is 0.399 e. The van der Waals surface area contributed by atoms with E-state index in [4.69, 9.17) is 5.73 Å². The van der Waals surface area contributed by atoms with E-state index in [1.165, 1.54) is 16.9 Å². The zero-order valence-electron chi connectivity index (χ0n) is 12.6.